The van der Waals surface area contributed by atoms with Gasteiger partial charge in [0.25, 0.3) is 0 Å². The third kappa shape index (κ3) is 3.51. The van der Waals surface area contributed by atoms with E-state index in [1.165, 1.54) is 5.56 Å². The Labute approximate surface area is 97.6 Å². The van der Waals surface area contributed by atoms with Crippen LogP contribution < -0.4 is 10.5 Å². The van der Waals surface area contributed by atoms with Gasteiger partial charge in [-0.15, -0.1) is 0 Å². The van der Waals surface area contributed by atoms with Gasteiger partial charge < -0.3 is 15.2 Å². The van der Waals surface area contributed by atoms with Crippen LogP contribution in [0.25, 0.3) is 0 Å². The molecule has 0 saturated heterocycles. The number of nitrogens with two attached hydrogens (primary N) is 1. The Hall–Kier alpha value is -1.06. The van der Waals surface area contributed by atoms with E-state index in [4.69, 9.17) is 15.2 Å². The highest BCUT2D eigenvalue weighted by Gasteiger charge is 2.08. The van der Waals surface area contributed by atoms with Crippen LogP contribution in [0, 0.1) is 0 Å². The molecule has 0 bridgehead atoms. The first-order chi connectivity index (χ1) is 7.69. The molecule has 0 aromatic heterocycles. The van der Waals surface area contributed by atoms with E-state index in [0.29, 0.717) is 13.2 Å². The van der Waals surface area contributed by atoms with Gasteiger partial charge in [0.05, 0.1) is 6.61 Å². The van der Waals surface area contributed by atoms with Gasteiger partial charge in [-0.1, -0.05) is 19.1 Å². The van der Waals surface area contributed by atoms with Crippen molar-refractivity contribution >= 4 is 0 Å². The summed E-state index contributed by atoms with van der Waals surface area (Å²) in [6.07, 6.45) is 1.01. The Kier molecular flexibility index (Phi) is 5.29. The smallest absolute Gasteiger partial charge is 0.124 e. The molecule has 0 aliphatic rings. The first-order valence-electron chi connectivity index (χ1n) is 5.69. The van der Waals surface area contributed by atoms with E-state index >= 15 is 0 Å². The van der Waals surface area contributed by atoms with Crippen molar-refractivity contribution in [1.29, 1.82) is 0 Å². The predicted octanol–water partition coefficient (Wildman–Crippen LogP) is 2.29. The van der Waals surface area contributed by atoms with Crippen LogP contribution in [0.2, 0.25) is 0 Å². The van der Waals surface area contributed by atoms with Crippen LogP contribution in [0.5, 0.6) is 5.75 Å². The number of methoxy groups -OCH3 is 1. The van der Waals surface area contributed by atoms with Gasteiger partial charge in [-0.25, -0.2) is 0 Å². The molecular weight excluding hydrogens is 202 g/mol. The molecule has 0 aliphatic heterocycles. The van der Waals surface area contributed by atoms with Crippen molar-refractivity contribution in [2.45, 2.75) is 26.3 Å². The quantitative estimate of drug-likeness (QED) is 0.753. The molecule has 90 valence electrons. The molecule has 0 radical (unpaired) electrons. The fourth-order valence-corrected chi connectivity index (χ4v) is 1.54. The number of benzene rings is 1. The van der Waals surface area contributed by atoms with Crippen molar-refractivity contribution in [3.05, 3.63) is 29.3 Å². The zero-order chi connectivity index (χ0) is 12.0. The second-order valence-electron chi connectivity index (χ2n) is 3.86. The monoisotopic (exact) mass is 223 g/mol. The van der Waals surface area contributed by atoms with Crippen molar-refractivity contribution < 1.29 is 9.47 Å². The van der Waals surface area contributed by atoms with E-state index in [-0.39, 0.29) is 6.04 Å². The lowest BCUT2D eigenvalue weighted by atomic mass is 10.0. The Morgan fingerprint density at radius 3 is 2.62 bits per heavy atom. The fourth-order valence-electron chi connectivity index (χ4n) is 1.54. The summed E-state index contributed by atoms with van der Waals surface area (Å²) in [5.41, 5.74) is 8.28. The second-order valence-corrected chi connectivity index (χ2v) is 3.86. The normalized spacial score (nSPS) is 12.5. The molecule has 0 amide bonds. The van der Waals surface area contributed by atoms with E-state index in [1.807, 2.05) is 13.0 Å². The van der Waals surface area contributed by atoms with Gasteiger partial charge in [-0.3, -0.25) is 0 Å². The van der Waals surface area contributed by atoms with Gasteiger partial charge in [0.1, 0.15) is 12.4 Å². The topological polar surface area (TPSA) is 44.5 Å². The van der Waals surface area contributed by atoms with Gasteiger partial charge in [-0.2, -0.15) is 0 Å². The zero-order valence-corrected chi connectivity index (χ0v) is 10.3. The summed E-state index contributed by atoms with van der Waals surface area (Å²) in [6, 6.07) is 6.18. The maximum atomic E-state index is 5.93. The fraction of sp³-hybridized carbons (Fsp3) is 0.538. The molecule has 0 fully saturated rings. The maximum Gasteiger partial charge on any atom is 0.124 e. The van der Waals surface area contributed by atoms with Crippen LogP contribution in [-0.2, 0) is 11.2 Å². The van der Waals surface area contributed by atoms with E-state index in [0.717, 1.165) is 17.7 Å². The summed E-state index contributed by atoms with van der Waals surface area (Å²) >= 11 is 0. The Morgan fingerprint density at radius 1 is 1.31 bits per heavy atom. The summed E-state index contributed by atoms with van der Waals surface area (Å²) in [4.78, 5) is 0. The van der Waals surface area contributed by atoms with Crippen LogP contribution >= 0.6 is 0 Å². The molecule has 0 saturated carbocycles. The third-order valence-electron chi connectivity index (χ3n) is 2.52. The molecule has 2 N–H and O–H groups in total. The van der Waals surface area contributed by atoms with Crippen LogP contribution in [0.3, 0.4) is 0 Å². The molecule has 3 heteroatoms. The highest BCUT2D eigenvalue weighted by molar-refractivity contribution is 5.39. The Morgan fingerprint density at radius 2 is 2.06 bits per heavy atom. The summed E-state index contributed by atoms with van der Waals surface area (Å²) in [6.45, 7) is 5.25. The van der Waals surface area contributed by atoms with E-state index in [1.54, 1.807) is 7.11 Å². The number of aryl methyl sites for hydroxylation is 1. The molecule has 0 aliphatic carbocycles. The maximum absolute atomic E-state index is 5.93. The van der Waals surface area contributed by atoms with Crippen molar-refractivity contribution in [3.8, 4) is 5.75 Å². The van der Waals surface area contributed by atoms with Gasteiger partial charge in [0.15, 0.2) is 0 Å². The van der Waals surface area contributed by atoms with Gasteiger partial charge in [0, 0.05) is 18.7 Å². The predicted molar refractivity (Wildman–Crippen MR) is 65.8 cm³/mol. The number of rotatable bonds is 6. The minimum Gasteiger partial charge on any atom is -0.491 e. The number of hydrogen-bond donors (Lipinski definition) is 1. The Balaban J connectivity index is 2.81. The lowest BCUT2D eigenvalue weighted by Gasteiger charge is -2.15. The average molecular weight is 223 g/mol. The minimum atomic E-state index is -0.0101. The van der Waals surface area contributed by atoms with Crippen molar-refractivity contribution in [1.82, 2.24) is 0 Å². The molecule has 3 nitrogen and oxygen atoms in total. The summed E-state index contributed by atoms with van der Waals surface area (Å²) < 4.78 is 10.6. The van der Waals surface area contributed by atoms with Crippen LogP contribution in [0.1, 0.15) is 31.0 Å². The van der Waals surface area contributed by atoms with Crippen LogP contribution in [0.15, 0.2) is 18.2 Å². The molecule has 0 heterocycles. The van der Waals surface area contributed by atoms with Crippen LogP contribution in [-0.4, -0.2) is 20.3 Å². The van der Waals surface area contributed by atoms with Crippen molar-refractivity contribution in [2.75, 3.05) is 20.3 Å². The standard InChI is InChI=1S/C13H21NO2/c1-4-11-5-6-13(16-8-7-15-3)12(9-11)10(2)14/h5-6,9-10H,4,7-8,14H2,1-3H3. The first-order valence-corrected chi connectivity index (χ1v) is 5.69. The lowest BCUT2D eigenvalue weighted by molar-refractivity contribution is 0.145. The van der Waals surface area contributed by atoms with Crippen LogP contribution in [0.4, 0.5) is 0 Å². The molecular formula is C13H21NO2. The minimum absolute atomic E-state index is 0.0101. The number of hydrogen-bond acceptors (Lipinski definition) is 3. The van der Waals surface area contributed by atoms with Crippen molar-refractivity contribution in [2.24, 2.45) is 5.73 Å². The lowest BCUT2D eigenvalue weighted by Crippen LogP contribution is -2.11. The molecule has 1 aromatic rings. The Bertz CT molecular complexity index is 324. The van der Waals surface area contributed by atoms with Gasteiger partial charge >= 0.3 is 0 Å². The molecule has 1 rings (SSSR count). The van der Waals surface area contributed by atoms with E-state index < -0.39 is 0 Å². The molecule has 16 heavy (non-hydrogen) atoms. The average Bonchev–Trinajstić information content (AvgIpc) is 2.29. The number of ether oxygens (including phenoxy) is 2. The highest BCUT2D eigenvalue weighted by Crippen LogP contribution is 2.25. The molecule has 1 aromatic carbocycles. The molecule has 0 spiro atoms. The van der Waals surface area contributed by atoms with E-state index in [2.05, 4.69) is 19.1 Å². The first kappa shape index (κ1) is 13.0. The summed E-state index contributed by atoms with van der Waals surface area (Å²) in [7, 11) is 1.66. The largest absolute Gasteiger partial charge is 0.491 e. The van der Waals surface area contributed by atoms with Gasteiger partial charge in [-0.05, 0) is 25.0 Å². The SMILES string of the molecule is CCc1ccc(OCCOC)c(C(C)N)c1. The van der Waals surface area contributed by atoms with E-state index in [9.17, 15) is 0 Å². The third-order valence-corrected chi connectivity index (χ3v) is 2.52. The second kappa shape index (κ2) is 6.51. The zero-order valence-electron chi connectivity index (χ0n) is 10.3. The highest BCUT2D eigenvalue weighted by atomic mass is 16.5. The summed E-state index contributed by atoms with van der Waals surface area (Å²) in [5.74, 6) is 0.865. The van der Waals surface area contributed by atoms with Crippen molar-refractivity contribution in [3.63, 3.8) is 0 Å². The molecule has 1 unspecified atom stereocenters. The molecule has 1 atom stereocenters. The summed E-state index contributed by atoms with van der Waals surface area (Å²) in [5, 5.41) is 0. The van der Waals surface area contributed by atoms with Gasteiger partial charge in [0.2, 0.25) is 0 Å².